The average molecular weight is 881 g/mol. The van der Waals surface area contributed by atoms with Gasteiger partial charge in [0, 0.05) is 19.3 Å². The summed E-state index contributed by atoms with van der Waals surface area (Å²) >= 11 is 0. The zero-order chi connectivity index (χ0) is 45.8. The van der Waals surface area contributed by atoms with E-state index in [-0.39, 0.29) is 31.1 Å². The first-order valence-corrected chi connectivity index (χ1v) is 26.8. The molecule has 0 aliphatic heterocycles. The molecule has 0 fully saturated rings. The third kappa shape index (κ3) is 50.0. The van der Waals surface area contributed by atoms with Crippen LogP contribution >= 0.6 is 0 Å². The van der Waals surface area contributed by atoms with Crippen LogP contribution in [-0.4, -0.2) is 37.2 Å². The number of ether oxygens (including phenoxy) is 3. The molecule has 0 aliphatic rings. The summed E-state index contributed by atoms with van der Waals surface area (Å²) in [6, 6.07) is 0. The van der Waals surface area contributed by atoms with Gasteiger partial charge in [0.2, 0.25) is 0 Å². The Hall–Kier alpha value is -2.89. The van der Waals surface area contributed by atoms with Crippen LogP contribution in [0.4, 0.5) is 0 Å². The van der Waals surface area contributed by atoms with Gasteiger partial charge in [0.25, 0.3) is 0 Å². The van der Waals surface area contributed by atoms with Crippen molar-refractivity contribution in [3.63, 3.8) is 0 Å². The van der Waals surface area contributed by atoms with Crippen LogP contribution in [0.25, 0.3) is 0 Å². The highest BCUT2D eigenvalue weighted by atomic mass is 16.6. The van der Waals surface area contributed by atoms with Crippen LogP contribution < -0.4 is 0 Å². The summed E-state index contributed by atoms with van der Waals surface area (Å²) in [4.78, 5) is 38.0. The van der Waals surface area contributed by atoms with Gasteiger partial charge in [0.1, 0.15) is 13.2 Å². The minimum atomic E-state index is -0.787. The van der Waals surface area contributed by atoms with E-state index in [1.807, 2.05) is 0 Å². The van der Waals surface area contributed by atoms with Gasteiger partial charge in [-0.25, -0.2) is 0 Å². The number of carbonyl (C=O) groups excluding carboxylic acids is 3. The zero-order valence-electron chi connectivity index (χ0n) is 41.6. The van der Waals surface area contributed by atoms with Gasteiger partial charge >= 0.3 is 17.9 Å². The smallest absolute Gasteiger partial charge is 0.306 e. The van der Waals surface area contributed by atoms with E-state index in [0.29, 0.717) is 19.3 Å². The molecule has 6 heteroatoms. The summed E-state index contributed by atoms with van der Waals surface area (Å²) in [6.45, 7) is 6.49. The molecule has 0 N–H and O–H groups in total. The molecule has 1 unspecified atom stereocenters. The fourth-order valence-electron chi connectivity index (χ4n) is 7.47. The SMILES string of the molecule is CC/C=C\C/C=C\CCCCCCCC(=O)OCC(COC(=O)CCCCCCC/C=C\C=C/CCCCCCCCC)OC(=O)CCCCCCCCC/C=C\CCCCCC. The molecule has 0 spiro atoms. The molecule has 0 aromatic rings. The molecule has 1 atom stereocenters. The summed E-state index contributed by atoms with van der Waals surface area (Å²) in [7, 11) is 0. The van der Waals surface area contributed by atoms with Crippen LogP contribution in [0.5, 0.6) is 0 Å². The highest BCUT2D eigenvalue weighted by Gasteiger charge is 2.19. The quantitative estimate of drug-likeness (QED) is 0.0199. The van der Waals surface area contributed by atoms with Crippen molar-refractivity contribution in [2.75, 3.05) is 13.2 Å². The van der Waals surface area contributed by atoms with Crippen molar-refractivity contribution in [2.24, 2.45) is 0 Å². The van der Waals surface area contributed by atoms with Crippen LogP contribution in [0.3, 0.4) is 0 Å². The lowest BCUT2D eigenvalue weighted by molar-refractivity contribution is -0.167. The Labute approximate surface area is 390 Å². The molecular weight excluding hydrogens is 781 g/mol. The van der Waals surface area contributed by atoms with E-state index in [2.05, 4.69) is 81.5 Å². The van der Waals surface area contributed by atoms with Gasteiger partial charge in [-0.05, 0) is 96.3 Å². The second kappa shape index (κ2) is 51.7. The number of hydrogen-bond acceptors (Lipinski definition) is 6. The lowest BCUT2D eigenvalue weighted by Crippen LogP contribution is -2.30. The van der Waals surface area contributed by atoms with E-state index >= 15 is 0 Å². The minimum absolute atomic E-state index is 0.0882. The van der Waals surface area contributed by atoms with E-state index in [4.69, 9.17) is 14.2 Å². The van der Waals surface area contributed by atoms with Gasteiger partial charge in [-0.2, -0.15) is 0 Å². The molecule has 63 heavy (non-hydrogen) atoms. The first kappa shape index (κ1) is 60.1. The number of allylic oxidation sites excluding steroid dienone is 10. The van der Waals surface area contributed by atoms with E-state index < -0.39 is 6.10 Å². The number of unbranched alkanes of at least 4 members (excludes halogenated alkanes) is 28. The Morgan fingerprint density at radius 1 is 0.349 bits per heavy atom. The van der Waals surface area contributed by atoms with Crippen molar-refractivity contribution >= 4 is 17.9 Å². The Bertz CT molecular complexity index is 1150. The molecule has 0 heterocycles. The number of esters is 3. The number of carbonyl (C=O) groups is 3. The van der Waals surface area contributed by atoms with Crippen molar-refractivity contribution in [3.05, 3.63) is 60.8 Å². The summed E-state index contributed by atoms with van der Waals surface area (Å²) in [5.74, 6) is -0.916. The summed E-state index contributed by atoms with van der Waals surface area (Å²) in [6.07, 6.45) is 63.5. The maximum absolute atomic E-state index is 12.8. The molecule has 0 bridgehead atoms. The largest absolute Gasteiger partial charge is 0.462 e. The first-order valence-electron chi connectivity index (χ1n) is 26.8. The van der Waals surface area contributed by atoms with Crippen molar-refractivity contribution < 1.29 is 28.6 Å². The minimum Gasteiger partial charge on any atom is -0.462 e. The van der Waals surface area contributed by atoms with E-state index in [1.165, 1.54) is 116 Å². The molecule has 0 aromatic heterocycles. The molecule has 0 aliphatic carbocycles. The molecular formula is C57H100O6. The van der Waals surface area contributed by atoms with Crippen LogP contribution in [0.15, 0.2) is 60.8 Å². The van der Waals surface area contributed by atoms with E-state index in [9.17, 15) is 14.4 Å². The van der Waals surface area contributed by atoms with Crippen molar-refractivity contribution in [2.45, 2.75) is 271 Å². The van der Waals surface area contributed by atoms with Gasteiger partial charge in [-0.1, -0.05) is 210 Å². The van der Waals surface area contributed by atoms with Crippen molar-refractivity contribution in [1.29, 1.82) is 0 Å². The summed E-state index contributed by atoms with van der Waals surface area (Å²) in [5, 5.41) is 0. The molecule has 6 nitrogen and oxygen atoms in total. The number of hydrogen-bond donors (Lipinski definition) is 0. The maximum atomic E-state index is 12.8. The normalized spacial score (nSPS) is 12.5. The third-order valence-electron chi connectivity index (χ3n) is 11.5. The second-order valence-corrected chi connectivity index (χ2v) is 17.8. The Balaban J connectivity index is 4.40. The molecule has 364 valence electrons. The predicted molar refractivity (Wildman–Crippen MR) is 270 cm³/mol. The monoisotopic (exact) mass is 881 g/mol. The van der Waals surface area contributed by atoms with Gasteiger partial charge in [-0.3, -0.25) is 14.4 Å². The highest BCUT2D eigenvalue weighted by Crippen LogP contribution is 2.14. The lowest BCUT2D eigenvalue weighted by atomic mass is 10.1. The Morgan fingerprint density at radius 2 is 0.667 bits per heavy atom. The summed E-state index contributed by atoms with van der Waals surface area (Å²) < 4.78 is 16.8. The molecule has 0 saturated carbocycles. The van der Waals surface area contributed by atoms with Crippen LogP contribution in [-0.2, 0) is 28.6 Å². The van der Waals surface area contributed by atoms with Gasteiger partial charge in [0.15, 0.2) is 6.10 Å². The van der Waals surface area contributed by atoms with E-state index in [1.54, 1.807) is 0 Å². The molecule has 0 saturated heterocycles. The number of rotatable bonds is 48. The van der Waals surface area contributed by atoms with Crippen LogP contribution in [0.2, 0.25) is 0 Å². The van der Waals surface area contributed by atoms with Crippen LogP contribution in [0.1, 0.15) is 265 Å². The van der Waals surface area contributed by atoms with Crippen molar-refractivity contribution in [3.8, 4) is 0 Å². The zero-order valence-corrected chi connectivity index (χ0v) is 41.6. The van der Waals surface area contributed by atoms with Gasteiger partial charge < -0.3 is 14.2 Å². The average Bonchev–Trinajstić information content (AvgIpc) is 3.28. The van der Waals surface area contributed by atoms with Crippen molar-refractivity contribution in [1.82, 2.24) is 0 Å². The standard InChI is InChI=1S/C57H100O6/c1-4-7-10-13-16-19-22-25-27-28-29-31-32-35-38-41-44-47-50-56(59)62-53-54(52-61-55(58)49-46-43-40-37-34-24-21-18-15-12-9-6-3)63-57(60)51-48-45-42-39-36-33-30-26-23-20-17-14-11-8-5-2/h9,12,18,20-21,23,27-29,31,54H,4-8,10-11,13-17,19,22,24-26,30,32-53H2,1-3H3/b12-9-,21-18-,23-20-,28-27-,31-29-. The molecule has 0 aromatic carbocycles. The maximum Gasteiger partial charge on any atom is 0.306 e. The first-order chi connectivity index (χ1) is 31.0. The fraction of sp³-hybridized carbons (Fsp3) is 0.772. The Kier molecular flexibility index (Phi) is 49.4. The summed E-state index contributed by atoms with van der Waals surface area (Å²) in [5.41, 5.74) is 0. The fourth-order valence-corrected chi connectivity index (χ4v) is 7.47. The Morgan fingerprint density at radius 3 is 1.08 bits per heavy atom. The van der Waals surface area contributed by atoms with Gasteiger partial charge in [0.05, 0.1) is 0 Å². The topological polar surface area (TPSA) is 78.9 Å². The predicted octanol–water partition coefficient (Wildman–Crippen LogP) is 17.6. The molecule has 0 amide bonds. The van der Waals surface area contributed by atoms with E-state index in [0.717, 1.165) is 109 Å². The van der Waals surface area contributed by atoms with Crippen LogP contribution in [0, 0.1) is 0 Å². The molecule has 0 rings (SSSR count). The molecule has 0 radical (unpaired) electrons. The highest BCUT2D eigenvalue weighted by molar-refractivity contribution is 5.71. The third-order valence-corrected chi connectivity index (χ3v) is 11.5. The van der Waals surface area contributed by atoms with Gasteiger partial charge in [-0.15, -0.1) is 0 Å². The lowest BCUT2D eigenvalue weighted by Gasteiger charge is -2.18. The second-order valence-electron chi connectivity index (χ2n) is 17.8.